The molecule has 0 atom stereocenters. The topological polar surface area (TPSA) is 46.6 Å². The van der Waals surface area contributed by atoms with E-state index >= 15 is 0 Å². The molecule has 0 N–H and O–H groups in total. The predicted molar refractivity (Wildman–Crippen MR) is 41.6 cm³/mol. The quantitative estimate of drug-likeness (QED) is 0.619. The zero-order valence-corrected chi connectivity index (χ0v) is 7.00. The van der Waals surface area contributed by atoms with Gasteiger partial charge in [-0.1, -0.05) is 13.5 Å². The highest BCUT2D eigenvalue weighted by atomic mass is 16.7. The van der Waals surface area contributed by atoms with Gasteiger partial charge in [0.15, 0.2) is 0 Å². The highest BCUT2D eigenvalue weighted by Crippen LogP contribution is 2.20. The van der Waals surface area contributed by atoms with Crippen LogP contribution in [0.3, 0.4) is 0 Å². The molecule has 0 radical (unpaired) electrons. The summed E-state index contributed by atoms with van der Waals surface area (Å²) < 4.78 is 0. The minimum atomic E-state index is -0.411. The fraction of sp³-hybridized carbons (Fsp3) is 0.500. The monoisotopic (exact) mass is 169 g/mol. The van der Waals surface area contributed by atoms with E-state index in [1.54, 1.807) is 6.92 Å². The number of hydroxylamine groups is 2. The van der Waals surface area contributed by atoms with Gasteiger partial charge >= 0.3 is 5.97 Å². The number of nitrogens with zero attached hydrogens (tertiary/aromatic N) is 1. The summed E-state index contributed by atoms with van der Waals surface area (Å²) in [6.07, 6.45) is 1.22. The van der Waals surface area contributed by atoms with Crippen LogP contribution >= 0.6 is 0 Å². The van der Waals surface area contributed by atoms with Crippen LogP contribution in [0.25, 0.3) is 0 Å². The van der Waals surface area contributed by atoms with Crippen LogP contribution < -0.4 is 0 Å². The van der Waals surface area contributed by atoms with E-state index in [1.165, 1.54) is 0 Å². The zero-order valence-electron chi connectivity index (χ0n) is 7.00. The van der Waals surface area contributed by atoms with Crippen molar-refractivity contribution in [3.05, 3.63) is 12.3 Å². The van der Waals surface area contributed by atoms with Crippen molar-refractivity contribution in [2.24, 2.45) is 0 Å². The number of hydrogen-bond donors (Lipinski definition) is 0. The molecule has 1 amide bonds. The van der Waals surface area contributed by atoms with E-state index in [-0.39, 0.29) is 12.3 Å². The van der Waals surface area contributed by atoms with Gasteiger partial charge in [0, 0.05) is 12.8 Å². The minimum Gasteiger partial charge on any atom is -0.334 e. The molecule has 4 nitrogen and oxygen atoms in total. The summed E-state index contributed by atoms with van der Waals surface area (Å²) >= 11 is 0. The molecule has 0 aromatic heterocycles. The van der Waals surface area contributed by atoms with Gasteiger partial charge in [-0.3, -0.25) is 4.79 Å². The third kappa shape index (κ3) is 1.64. The fourth-order valence-corrected chi connectivity index (χ4v) is 0.912. The Morgan fingerprint density at radius 3 is 2.75 bits per heavy atom. The Morgan fingerprint density at radius 2 is 2.33 bits per heavy atom. The molecule has 0 bridgehead atoms. The van der Waals surface area contributed by atoms with E-state index in [1.807, 2.05) is 0 Å². The molecule has 0 aliphatic carbocycles. The first-order chi connectivity index (χ1) is 5.65. The first-order valence-corrected chi connectivity index (χ1v) is 3.86. The van der Waals surface area contributed by atoms with Gasteiger partial charge in [0.2, 0.25) is 0 Å². The lowest BCUT2D eigenvalue weighted by atomic mass is 10.3. The van der Waals surface area contributed by atoms with Gasteiger partial charge in [0.1, 0.15) is 0 Å². The Bertz CT molecular complexity index is 218. The van der Waals surface area contributed by atoms with Crippen LogP contribution in [0.15, 0.2) is 12.3 Å². The second kappa shape index (κ2) is 3.38. The first kappa shape index (κ1) is 8.77. The third-order valence-electron chi connectivity index (χ3n) is 1.62. The number of amides is 1. The number of allylic oxidation sites excluding steroid dienone is 1. The van der Waals surface area contributed by atoms with Crippen LogP contribution in [0.2, 0.25) is 0 Å². The summed E-state index contributed by atoms with van der Waals surface area (Å²) in [5.74, 6) is -0.604. The maximum absolute atomic E-state index is 11.0. The van der Waals surface area contributed by atoms with E-state index in [0.717, 1.165) is 5.06 Å². The highest BCUT2D eigenvalue weighted by Gasteiger charge is 2.27. The molecule has 1 aliphatic rings. The number of rotatable bonds is 2. The average molecular weight is 169 g/mol. The minimum absolute atomic E-state index is 0.193. The van der Waals surface area contributed by atoms with Gasteiger partial charge in [-0.25, -0.2) is 4.79 Å². The Labute approximate surface area is 70.7 Å². The van der Waals surface area contributed by atoms with Crippen molar-refractivity contribution in [1.29, 1.82) is 0 Å². The van der Waals surface area contributed by atoms with E-state index in [0.29, 0.717) is 18.5 Å². The zero-order chi connectivity index (χ0) is 9.14. The van der Waals surface area contributed by atoms with Gasteiger partial charge in [0.25, 0.3) is 5.91 Å². The molecule has 1 rings (SSSR count). The Morgan fingerprint density at radius 1 is 1.67 bits per heavy atom. The van der Waals surface area contributed by atoms with Gasteiger partial charge in [-0.15, -0.1) is 5.06 Å². The summed E-state index contributed by atoms with van der Waals surface area (Å²) in [5.41, 5.74) is 0.557. The molecule has 1 fully saturated rings. The Balaban J connectivity index is 2.56. The van der Waals surface area contributed by atoms with Crippen molar-refractivity contribution < 1.29 is 14.4 Å². The molecule has 4 heteroatoms. The maximum Gasteiger partial charge on any atom is 0.332 e. The van der Waals surface area contributed by atoms with Gasteiger partial charge in [-0.05, 0) is 6.42 Å². The smallest absolute Gasteiger partial charge is 0.332 e. The summed E-state index contributed by atoms with van der Waals surface area (Å²) in [6, 6.07) is 0. The molecule has 0 unspecified atom stereocenters. The van der Waals surface area contributed by atoms with Crippen molar-refractivity contribution >= 4 is 11.9 Å². The molecule has 0 spiro atoms. The van der Waals surface area contributed by atoms with Crippen LogP contribution in [-0.2, 0) is 14.4 Å². The molecule has 0 aromatic carbocycles. The van der Waals surface area contributed by atoms with Crippen molar-refractivity contribution in [2.75, 3.05) is 0 Å². The van der Waals surface area contributed by atoms with Gasteiger partial charge < -0.3 is 4.84 Å². The van der Waals surface area contributed by atoms with Gasteiger partial charge in [0.05, 0.1) is 5.70 Å². The normalized spacial score (nSPS) is 16.9. The van der Waals surface area contributed by atoms with Crippen LogP contribution in [-0.4, -0.2) is 16.9 Å². The predicted octanol–water partition coefficient (Wildman–Crippen LogP) is 0.991. The molecule has 66 valence electrons. The van der Waals surface area contributed by atoms with Crippen LogP contribution in [0, 0.1) is 0 Å². The SMILES string of the molecule is C=C1CCC(=O)N1OC(=O)CC. The highest BCUT2D eigenvalue weighted by molar-refractivity contribution is 5.82. The fourth-order valence-electron chi connectivity index (χ4n) is 0.912. The Kier molecular flexibility index (Phi) is 2.47. The summed E-state index contributed by atoms with van der Waals surface area (Å²) in [7, 11) is 0. The molecule has 1 aliphatic heterocycles. The average Bonchev–Trinajstić information content (AvgIpc) is 2.35. The second-order valence-electron chi connectivity index (χ2n) is 2.57. The third-order valence-corrected chi connectivity index (χ3v) is 1.62. The van der Waals surface area contributed by atoms with Crippen LogP contribution in [0.4, 0.5) is 0 Å². The standard InChI is InChI=1S/C8H11NO3/c1-3-8(11)12-9-6(2)4-5-7(9)10/h2-5H2,1H3. The van der Waals surface area contributed by atoms with E-state index in [4.69, 9.17) is 4.84 Å². The number of hydrogen-bond acceptors (Lipinski definition) is 3. The van der Waals surface area contributed by atoms with E-state index < -0.39 is 5.97 Å². The molecule has 0 saturated carbocycles. The molecule has 0 aromatic rings. The number of carbonyl (C=O) groups excluding carboxylic acids is 2. The van der Waals surface area contributed by atoms with Crippen LogP contribution in [0.1, 0.15) is 26.2 Å². The lowest BCUT2D eigenvalue weighted by Crippen LogP contribution is -2.26. The van der Waals surface area contributed by atoms with Crippen molar-refractivity contribution in [1.82, 2.24) is 5.06 Å². The molecular weight excluding hydrogens is 158 g/mol. The van der Waals surface area contributed by atoms with Gasteiger partial charge in [-0.2, -0.15) is 0 Å². The molecular formula is C8H11NO3. The summed E-state index contributed by atoms with van der Waals surface area (Å²) in [4.78, 5) is 26.6. The van der Waals surface area contributed by atoms with Crippen molar-refractivity contribution in [3.63, 3.8) is 0 Å². The molecule has 12 heavy (non-hydrogen) atoms. The Hall–Kier alpha value is -1.32. The summed E-state index contributed by atoms with van der Waals surface area (Å²) in [5, 5.41) is 0.992. The van der Waals surface area contributed by atoms with Crippen molar-refractivity contribution in [2.45, 2.75) is 26.2 Å². The van der Waals surface area contributed by atoms with Crippen LogP contribution in [0.5, 0.6) is 0 Å². The summed E-state index contributed by atoms with van der Waals surface area (Å²) in [6.45, 7) is 5.27. The van der Waals surface area contributed by atoms with E-state index in [2.05, 4.69) is 6.58 Å². The van der Waals surface area contributed by atoms with E-state index in [9.17, 15) is 9.59 Å². The number of carbonyl (C=O) groups is 2. The lowest BCUT2D eigenvalue weighted by Gasteiger charge is -2.14. The second-order valence-corrected chi connectivity index (χ2v) is 2.57. The maximum atomic E-state index is 11.0. The molecule has 1 heterocycles. The largest absolute Gasteiger partial charge is 0.334 e. The van der Waals surface area contributed by atoms with Crippen molar-refractivity contribution in [3.8, 4) is 0 Å². The molecule has 1 saturated heterocycles. The first-order valence-electron chi connectivity index (χ1n) is 3.86. The lowest BCUT2D eigenvalue weighted by molar-refractivity contribution is -0.186.